The van der Waals surface area contributed by atoms with E-state index in [1.165, 1.54) is 0 Å². The normalized spacial score (nSPS) is 15.7. The maximum Gasteiger partial charge on any atom is 0.320 e. The van der Waals surface area contributed by atoms with Crippen molar-refractivity contribution in [1.29, 1.82) is 0 Å². The van der Waals surface area contributed by atoms with Crippen LogP contribution in [0, 0.1) is 12.8 Å². The van der Waals surface area contributed by atoms with Crippen LogP contribution in [0.15, 0.2) is 18.2 Å². The molecule has 6 heteroatoms. The molecule has 1 atom stereocenters. The Balaban J connectivity index is 1.87. The van der Waals surface area contributed by atoms with Crippen molar-refractivity contribution >= 4 is 29.2 Å². The van der Waals surface area contributed by atoms with Crippen molar-refractivity contribution < 1.29 is 14.7 Å². The van der Waals surface area contributed by atoms with Gasteiger partial charge in [-0.25, -0.2) is 0 Å². The number of carbonyl (C=O) groups is 2. The van der Waals surface area contributed by atoms with E-state index in [2.05, 4.69) is 10.6 Å². The summed E-state index contributed by atoms with van der Waals surface area (Å²) in [5.74, 6) is -1.01. The zero-order valence-electron chi connectivity index (χ0n) is 11.1. The zero-order chi connectivity index (χ0) is 14.7. The first-order valence-corrected chi connectivity index (χ1v) is 6.87. The Kier molecular flexibility index (Phi) is 4.62. The van der Waals surface area contributed by atoms with Crippen molar-refractivity contribution in [3.8, 4) is 0 Å². The van der Waals surface area contributed by atoms with Crippen LogP contribution in [0.5, 0.6) is 0 Å². The first-order valence-electron chi connectivity index (χ1n) is 6.49. The Hall–Kier alpha value is -1.59. The Labute approximate surface area is 122 Å². The van der Waals surface area contributed by atoms with E-state index < -0.39 is 12.0 Å². The van der Waals surface area contributed by atoms with Crippen molar-refractivity contribution in [2.24, 2.45) is 5.92 Å². The number of nitrogens with one attached hydrogen (secondary N) is 2. The highest BCUT2D eigenvalue weighted by molar-refractivity contribution is 6.30. The molecule has 0 aliphatic heterocycles. The van der Waals surface area contributed by atoms with Crippen LogP contribution in [-0.2, 0) is 9.59 Å². The lowest BCUT2D eigenvalue weighted by molar-refractivity contribution is -0.140. The number of hydrogen-bond acceptors (Lipinski definition) is 3. The summed E-state index contributed by atoms with van der Waals surface area (Å²) >= 11 is 5.84. The van der Waals surface area contributed by atoms with Crippen LogP contribution >= 0.6 is 11.6 Å². The number of carbonyl (C=O) groups excluding carboxylic acids is 1. The quantitative estimate of drug-likeness (QED) is 0.750. The third-order valence-electron chi connectivity index (χ3n) is 3.30. The van der Waals surface area contributed by atoms with Gasteiger partial charge >= 0.3 is 5.97 Å². The Morgan fingerprint density at radius 2 is 2.15 bits per heavy atom. The van der Waals surface area contributed by atoms with E-state index in [0.29, 0.717) is 10.7 Å². The fourth-order valence-corrected chi connectivity index (χ4v) is 2.28. The molecule has 1 aromatic carbocycles. The van der Waals surface area contributed by atoms with Gasteiger partial charge in [-0.2, -0.15) is 0 Å². The van der Waals surface area contributed by atoms with E-state index in [0.717, 1.165) is 18.4 Å². The SMILES string of the molecule is Cc1cc(Cl)ccc1NC(=O)CNC(C(=O)O)C1CC1. The lowest BCUT2D eigenvalue weighted by Crippen LogP contribution is -2.42. The first kappa shape index (κ1) is 14.8. The molecule has 0 spiro atoms. The molecule has 20 heavy (non-hydrogen) atoms. The molecule has 5 nitrogen and oxygen atoms in total. The molecule has 0 heterocycles. The van der Waals surface area contributed by atoms with Gasteiger partial charge in [-0.1, -0.05) is 11.6 Å². The van der Waals surface area contributed by atoms with E-state index in [1.807, 2.05) is 6.92 Å². The molecule has 1 amide bonds. The molecule has 3 N–H and O–H groups in total. The van der Waals surface area contributed by atoms with Crippen molar-refractivity contribution in [3.63, 3.8) is 0 Å². The molecule has 1 fully saturated rings. The smallest absolute Gasteiger partial charge is 0.320 e. The van der Waals surface area contributed by atoms with Crippen LogP contribution in [0.4, 0.5) is 5.69 Å². The number of aliphatic carboxylic acids is 1. The van der Waals surface area contributed by atoms with E-state index in [-0.39, 0.29) is 18.4 Å². The summed E-state index contributed by atoms with van der Waals surface area (Å²) < 4.78 is 0. The van der Waals surface area contributed by atoms with Gasteiger partial charge in [0.25, 0.3) is 0 Å². The van der Waals surface area contributed by atoms with Gasteiger partial charge in [0.15, 0.2) is 0 Å². The van der Waals surface area contributed by atoms with E-state index in [1.54, 1.807) is 18.2 Å². The predicted octanol–water partition coefficient (Wildman–Crippen LogP) is 2.04. The minimum Gasteiger partial charge on any atom is -0.480 e. The van der Waals surface area contributed by atoms with Gasteiger partial charge in [-0.05, 0) is 49.4 Å². The predicted molar refractivity (Wildman–Crippen MR) is 77.0 cm³/mol. The van der Waals surface area contributed by atoms with Crippen LogP contribution in [-0.4, -0.2) is 29.6 Å². The molecule has 1 aromatic rings. The Bertz CT molecular complexity index is 529. The molecule has 0 radical (unpaired) electrons. The first-order chi connectivity index (χ1) is 9.47. The Morgan fingerprint density at radius 3 is 2.70 bits per heavy atom. The third-order valence-corrected chi connectivity index (χ3v) is 3.54. The number of carboxylic acids is 1. The molecule has 0 bridgehead atoms. The second-order valence-corrected chi connectivity index (χ2v) is 5.48. The maximum atomic E-state index is 11.8. The van der Waals surface area contributed by atoms with E-state index in [4.69, 9.17) is 16.7 Å². The second kappa shape index (κ2) is 6.24. The summed E-state index contributed by atoms with van der Waals surface area (Å²) in [6, 6.07) is 4.55. The van der Waals surface area contributed by atoms with Gasteiger partial charge in [0.05, 0.1) is 6.54 Å². The fraction of sp³-hybridized carbons (Fsp3) is 0.429. The van der Waals surface area contributed by atoms with Crippen molar-refractivity contribution in [1.82, 2.24) is 5.32 Å². The van der Waals surface area contributed by atoms with Crippen LogP contribution in [0.2, 0.25) is 5.02 Å². The average molecular weight is 297 g/mol. The van der Waals surface area contributed by atoms with Crippen LogP contribution < -0.4 is 10.6 Å². The highest BCUT2D eigenvalue weighted by Crippen LogP contribution is 2.32. The highest BCUT2D eigenvalue weighted by atomic mass is 35.5. The van der Waals surface area contributed by atoms with Gasteiger partial charge in [0.2, 0.25) is 5.91 Å². The molecule has 0 aromatic heterocycles. The van der Waals surface area contributed by atoms with E-state index in [9.17, 15) is 9.59 Å². The largest absolute Gasteiger partial charge is 0.480 e. The summed E-state index contributed by atoms with van der Waals surface area (Å²) in [4.78, 5) is 22.9. The topological polar surface area (TPSA) is 78.4 Å². The molecular formula is C14H17ClN2O3. The highest BCUT2D eigenvalue weighted by Gasteiger charge is 2.36. The van der Waals surface area contributed by atoms with Gasteiger partial charge in [-0.3, -0.25) is 14.9 Å². The van der Waals surface area contributed by atoms with Gasteiger partial charge in [0, 0.05) is 10.7 Å². The van der Waals surface area contributed by atoms with Crippen molar-refractivity contribution in [2.45, 2.75) is 25.8 Å². The number of carboxylic acid groups (broad SMARTS) is 1. The number of halogens is 1. The second-order valence-electron chi connectivity index (χ2n) is 5.04. The molecule has 1 aliphatic carbocycles. The average Bonchev–Trinajstić information content (AvgIpc) is 3.17. The van der Waals surface area contributed by atoms with Gasteiger partial charge < -0.3 is 10.4 Å². The number of anilines is 1. The molecule has 0 saturated heterocycles. The minimum atomic E-state index is -0.900. The molecular weight excluding hydrogens is 280 g/mol. The lowest BCUT2D eigenvalue weighted by Gasteiger charge is -2.14. The Morgan fingerprint density at radius 1 is 1.45 bits per heavy atom. The van der Waals surface area contributed by atoms with Gasteiger partial charge in [-0.15, -0.1) is 0 Å². The summed E-state index contributed by atoms with van der Waals surface area (Å²) in [5, 5.41) is 15.2. The number of rotatable bonds is 6. The van der Waals surface area contributed by atoms with Gasteiger partial charge in [0.1, 0.15) is 6.04 Å². The summed E-state index contributed by atoms with van der Waals surface area (Å²) in [6.07, 6.45) is 1.81. The van der Waals surface area contributed by atoms with Crippen LogP contribution in [0.25, 0.3) is 0 Å². The van der Waals surface area contributed by atoms with Crippen LogP contribution in [0.3, 0.4) is 0 Å². The zero-order valence-corrected chi connectivity index (χ0v) is 11.9. The molecule has 1 saturated carbocycles. The molecule has 1 aliphatic rings. The lowest BCUT2D eigenvalue weighted by atomic mass is 10.2. The summed E-state index contributed by atoms with van der Waals surface area (Å²) in [7, 11) is 0. The molecule has 1 unspecified atom stereocenters. The minimum absolute atomic E-state index is 0.0183. The van der Waals surface area contributed by atoms with Crippen LogP contribution in [0.1, 0.15) is 18.4 Å². The monoisotopic (exact) mass is 296 g/mol. The number of aryl methyl sites for hydroxylation is 1. The molecule has 108 valence electrons. The number of amides is 1. The summed E-state index contributed by atoms with van der Waals surface area (Å²) in [6.45, 7) is 1.83. The number of hydrogen-bond donors (Lipinski definition) is 3. The summed E-state index contributed by atoms with van der Waals surface area (Å²) in [5.41, 5.74) is 1.54. The third kappa shape index (κ3) is 3.95. The molecule has 2 rings (SSSR count). The van der Waals surface area contributed by atoms with Crippen molar-refractivity contribution in [3.05, 3.63) is 28.8 Å². The maximum absolute atomic E-state index is 11.8. The van der Waals surface area contributed by atoms with E-state index >= 15 is 0 Å². The number of benzene rings is 1. The standard InChI is InChI=1S/C14H17ClN2O3/c1-8-6-10(15)4-5-11(8)17-12(18)7-16-13(14(19)20)9-2-3-9/h4-6,9,13,16H,2-3,7H2,1H3,(H,17,18)(H,19,20). The van der Waals surface area contributed by atoms with Crippen molar-refractivity contribution in [2.75, 3.05) is 11.9 Å². The fourth-order valence-electron chi connectivity index (χ4n) is 2.05.